The van der Waals surface area contributed by atoms with Crippen LogP contribution in [-0.4, -0.2) is 22.2 Å². The zero-order chi connectivity index (χ0) is 18.5. The van der Waals surface area contributed by atoms with Crippen LogP contribution in [0.4, 0.5) is 0 Å². The quantitative estimate of drug-likeness (QED) is 0.415. The van der Waals surface area contributed by atoms with Crippen molar-refractivity contribution in [3.05, 3.63) is 74.9 Å². The molecular formula is C20H19N3O2S2. The van der Waals surface area contributed by atoms with Crippen LogP contribution in [0.1, 0.15) is 15.6 Å². The van der Waals surface area contributed by atoms with E-state index >= 15 is 0 Å². The third-order valence-electron chi connectivity index (χ3n) is 4.08. The number of thiophene rings is 2. The number of hydrogen-bond donors (Lipinski definition) is 0. The molecule has 1 aromatic carbocycles. The highest BCUT2D eigenvalue weighted by Gasteiger charge is 2.15. The first kappa shape index (κ1) is 17.9. The fourth-order valence-corrected chi connectivity index (χ4v) is 4.26. The summed E-state index contributed by atoms with van der Waals surface area (Å²) in [4.78, 5) is 4.96. The van der Waals surface area contributed by atoms with Crippen molar-refractivity contribution < 1.29 is 9.15 Å². The Morgan fingerprint density at radius 2 is 1.56 bits per heavy atom. The minimum absolute atomic E-state index is 0.528. The second-order valence-electron chi connectivity index (χ2n) is 6.03. The highest BCUT2D eigenvalue weighted by molar-refractivity contribution is 7.10. The molecule has 0 amide bonds. The molecule has 0 atom stereocenters. The van der Waals surface area contributed by atoms with Crippen molar-refractivity contribution in [2.24, 2.45) is 0 Å². The van der Waals surface area contributed by atoms with Gasteiger partial charge in [-0.15, -0.1) is 32.9 Å². The molecule has 0 N–H and O–H groups in total. The molecule has 7 heteroatoms. The highest BCUT2D eigenvalue weighted by Crippen LogP contribution is 2.23. The van der Waals surface area contributed by atoms with E-state index in [0.717, 1.165) is 24.4 Å². The first-order valence-electron chi connectivity index (χ1n) is 8.54. The molecule has 3 aromatic heterocycles. The molecule has 0 spiro atoms. The second-order valence-corrected chi connectivity index (χ2v) is 8.10. The molecule has 138 valence electrons. The van der Waals surface area contributed by atoms with E-state index in [1.807, 2.05) is 24.3 Å². The molecule has 5 nitrogen and oxygen atoms in total. The Morgan fingerprint density at radius 3 is 2.11 bits per heavy atom. The lowest BCUT2D eigenvalue weighted by Crippen LogP contribution is -2.21. The Balaban J connectivity index is 1.49. The third-order valence-corrected chi connectivity index (χ3v) is 5.80. The summed E-state index contributed by atoms with van der Waals surface area (Å²) in [5.74, 6) is 1.95. The summed E-state index contributed by atoms with van der Waals surface area (Å²) in [6, 6.07) is 16.1. The van der Waals surface area contributed by atoms with Crippen LogP contribution in [0.15, 0.2) is 63.7 Å². The molecule has 0 aliphatic heterocycles. The monoisotopic (exact) mass is 397 g/mol. The Morgan fingerprint density at radius 1 is 0.889 bits per heavy atom. The number of benzene rings is 1. The summed E-state index contributed by atoms with van der Waals surface area (Å²) in [7, 11) is 1.65. The van der Waals surface area contributed by atoms with Gasteiger partial charge in [0.25, 0.3) is 0 Å². The lowest BCUT2D eigenvalue weighted by atomic mass is 10.2. The molecule has 0 aliphatic carbocycles. The molecule has 0 unspecified atom stereocenters. The zero-order valence-electron chi connectivity index (χ0n) is 14.9. The highest BCUT2D eigenvalue weighted by atomic mass is 32.1. The average molecular weight is 398 g/mol. The molecule has 0 fully saturated rings. The summed E-state index contributed by atoms with van der Waals surface area (Å²) in [5, 5.41) is 12.7. The van der Waals surface area contributed by atoms with Crippen LogP contribution in [0.3, 0.4) is 0 Å². The van der Waals surface area contributed by atoms with Gasteiger partial charge in [0.1, 0.15) is 5.75 Å². The second kappa shape index (κ2) is 8.47. The van der Waals surface area contributed by atoms with E-state index in [2.05, 4.69) is 50.1 Å². The lowest BCUT2D eigenvalue weighted by Gasteiger charge is -2.18. The number of hydrogen-bond acceptors (Lipinski definition) is 7. The van der Waals surface area contributed by atoms with Crippen LogP contribution in [0.5, 0.6) is 5.75 Å². The van der Waals surface area contributed by atoms with Crippen LogP contribution in [-0.2, 0) is 19.6 Å². The van der Waals surface area contributed by atoms with Crippen molar-refractivity contribution in [1.82, 2.24) is 15.1 Å². The summed E-state index contributed by atoms with van der Waals surface area (Å²) in [6.07, 6.45) is 0. The molecule has 0 bridgehead atoms. The van der Waals surface area contributed by atoms with Gasteiger partial charge in [0, 0.05) is 28.4 Å². The number of ether oxygens (including phenoxy) is 1. The molecule has 3 heterocycles. The molecular weight excluding hydrogens is 378 g/mol. The van der Waals surface area contributed by atoms with Crippen LogP contribution < -0.4 is 4.74 Å². The van der Waals surface area contributed by atoms with Crippen LogP contribution in [0, 0.1) is 0 Å². The molecule has 4 rings (SSSR count). The van der Waals surface area contributed by atoms with Crippen molar-refractivity contribution in [1.29, 1.82) is 0 Å². The maximum absolute atomic E-state index is 5.91. The largest absolute Gasteiger partial charge is 0.497 e. The van der Waals surface area contributed by atoms with Gasteiger partial charge < -0.3 is 9.15 Å². The molecule has 27 heavy (non-hydrogen) atoms. The van der Waals surface area contributed by atoms with Gasteiger partial charge in [-0.1, -0.05) is 12.1 Å². The van der Waals surface area contributed by atoms with Gasteiger partial charge in [-0.05, 0) is 47.2 Å². The van der Waals surface area contributed by atoms with Gasteiger partial charge in [0.2, 0.25) is 11.8 Å². The standard InChI is InChI=1S/C20H19N3O2S2/c1-24-16-8-6-15(7-9-16)20-22-21-19(25-20)14-23(12-17-4-2-10-26-17)13-18-5-3-11-27-18/h2-11H,12-14H2,1H3. The maximum Gasteiger partial charge on any atom is 0.247 e. The van der Waals surface area contributed by atoms with E-state index in [9.17, 15) is 0 Å². The van der Waals surface area contributed by atoms with Gasteiger partial charge in [0.15, 0.2) is 0 Å². The van der Waals surface area contributed by atoms with Gasteiger partial charge in [-0.3, -0.25) is 4.90 Å². The molecule has 0 radical (unpaired) electrons. The van der Waals surface area contributed by atoms with E-state index in [1.165, 1.54) is 9.75 Å². The average Bonchev–Trinajstić information content (AvgIpc) is 3.45. The Labute approximate surface area is 165 Å². The van der Waals surface area contributed by atoms with Gasteiger partial charge in [0.05, 0.1) is 13.7 Å². The number of rotatable bonds is 8. The smallest absolute Gasteiger partial charge is 0.247 e. The topological polar surface area (TPSA) is 51.4 Å². The predicted molar refractivity (Wildman–Crippen MR) is 108 cm³/mol. The molecule has 0 saturated heterocycles. The number of methoxy groups -OCH3 is 1. The van der Waals surface area contributed by atoms with Gasteiger partial charge >= 0.3 is 0 Å². The van der Waals surface area contributed by atoms with Crippen molar-refractivity contribution in [2.45, 2.75) is 19.6 Å². The SMILES string of the molecule is COc1ccc(-c2nnc(CN(Cc3cccs3)Cc3cccs3)o2)cc1. The third kappa shape index (κ3) is 4.63. The molecule has 4 aromatic rings. The van der Waals surface area contributed by atoms with Crippen molar-refractivity contribution in [3.8, 4) is 17.2 Å². The van der Waals surface area contributed by atoms with E-state index < -0.39 is 0 Å². The summed E-state index contributed by atoms with van der Waals surface area (Å²) in [5.41, 5.74) is 0.887. The van der Waals surface area contributed by atoms with Crippen LogP contribution in [0.25, 0.3) is 11.5 Å². The minimum atomic E-state index is 0.528. The zero-order valence-corrected chi connectivity index (χ0v) is 16.5. The normalized spacial score (nSPS) is 11.2. The molecule has 0 aliphatic rings. The Hall–Kier alpha value is -2.48. The summed E-state index contributed by atoms with van der Waals surface area (Å²) >= 11 is 3.53. The first-order valence-corrected chi connectivity index (χ1v) is 10.3. The minimum Gasteiger partial charge on any atom is -0.497 e. The number of nitrogens with zero attached hydrogens (tertiary/aromatic N) is 3. The predicted octanol–water partition coefficient (Wildman–Crippen LogP) is 5.07. The Bertz CT molecular complexity index is 911. The maximum atomic E-state index is 5.91. The van der Waals surface area contributed by atoms with Crippen LogP contribution >= 0.6 is 22.7 Å². The lowest BCUT2D eigenvalue weighted by molar-refractivity contribution is 0.227. The summed E-state index contributed by atoms with van der Waals surface area (Å²) in [6.45, 7) is 2.32. The van der Waals surface area contributed by atoms with Gasteiger partial charge in [-0.2, -0.15) is 0 Å². The van der Waals surface area contributed by atoms with E-state index in [1.54, 1.807) is 29.8 Å². The number of aromatic nitrogens is 2. The fraction of sp³-hybridized carbons (Fsp3) is 0.200. The van der Waals surface area contributed by atoms with Gasteiger partial charge in [-0.25, -0.2) is 0 Å². The Kier molecular flexibility index (Phi) is 5.62. The van der Waals surface area contributed by atoms with E-state index in [-0.39, 0.29) is 0 Å². The first-order chi connectivity index (χ1) is 13.3. The molecule has 0 saturated carbocycles. The van der Waals surface area contributed by atoms with Crippen LogP contribution in [0.2, 0.25) is 0 Å². The van der Waals surface area contributed by atoms with E-state index in [4.69, 9.17) is 9.15 Å². The van der Waals surface area contributed by atoms with Crippen molar-refractivity contribution in [3.63, 3.8) is 0 Å². The van der Waals surface area contributed by atoms with Crippen molar-refractivity contribution in [2.75, 3.05) is 7.11 Å². The fourth-order valence-electron chi connectivity index (χ4n) is 2.77. The van der Waals surface area contributed by atoms with Crippen molar-refractivity contribution >= 4 is 22.7 Å². The summed E-state index contributed by atoms with van der Waals surface area (Å²) < 4.78 is 11.1. The van der Waals surface area contributed by atoms with E-state index in [0.29, 0.717) is 18.3 Å².